The van der Waals surface area contributed by atoms with E-state index in [2.05, 4.69) is 9.68 Å². The molecule has 0 aliphatic heterocycles. The van der Waals surface area contributed by atoms with Crippen LogP contribution < -0.4 is 20.9 Å². The van der Waals surface area contributed by atoms with Crippen molar-refractivity contribution in [3.63, 3.8) is 0 Å². The van der Waals surface area contributed by atoms with E-state index < -0.39 is 20.6 Å². The van der Waals surface area contributed by atoms with Gasteiger partial charge in [0.2, 0.25) is 0 Å². The molecule has 2 aromatic rings. The number of benzene rings is 1. The maximum absolute atomic E-state index is 13.0. The van der Waals surface area contributed by atoms with Crippen molar-refractivity contribution in [1.82, 2.24) is 4.90 Å². The standard InChI is InChI=1S/C17H22ClN3O5S/c1-5-26-16-12(14(23)15(16)24)20-11-7-6-10(18)17(13(11)22)27(4,25)19-8-9-21(2)3/h6-7,20,22H,5,8-9H2,1-4H3. The summed E-state index contributed by atoms with van der Waals surface area (Å²) in [5, 5.41) is 13.4. The first kappa shape index (κ1) is 21.2. The second-order valence-electron chi connectivity index (χ2n) is 6.15. The number of phenols is 1. The Kier molecular flexibility index (Phi) is 6.50. The SMILES string of the molecule is CCOc1c(Nc2ccc(Cl)c(S(C)(=O)=NCCN(C)C)c2O)c(=O)c1=O. The fraction of sp³-hybridized carbons (Fsp3) is 0.412. The van der Waals surface area contributed by atoms with Crippen molar-refractivity contribution in [2.24, 2.45) is 4.36 Å². The van der Waals surface area contributed by atoms with Gasteiger partial charge in [-0.1, -0.05) is 11.6 Å². The summed E-state index contributed by atoms with van der Waals surface area (Å²) in [6.45, 7) is 2.77. The molecule has 0 saturated carbocycles. The van der Waals surface area contributed by atoms with Crippen molar-refractivity contribution in [3.8, 4) is 11.5 Å². The van der Waals surface area contributed by atoms with Crippen molar-refractivity contribution in [3.05, 3.63) is 37.6 Å². The summed E-state index contributed by atoms with van der Waals surface area (Å²) in [5.41, 5.74) is -1.45. The Morgan fingerprint density at radius 3 is 2.56 bits per heavy atom. The molecule has 2 aromatic carbocycles. The molecule has 1 unspecified atom stereocenters. The minimum atomic E-state index is -2.99. The lowest BCUT2D eigenvalue weighted by Gasteiger charge is -2.17. The van der Waals surface area contributed by atoms with E-state index >= 15 is 0 Å². The van der Waals surface area contributed by atoms with E-state index in [0.29, 0.717) is 13.1 Å². The molecular weight excluding hydrogens is 394 g/mol. The summed E-state index contributed by atoms with van der Waals surface area (Å²) in [7, 11) is 0.742. The van der Waals surface area contributed by atoms with Crippen LogP contribution in [0, 0.1) is 0 Å². The summed E-state index contributed by atoms with van der Waals surface area (Å²) < 4.78 is 22.3. The van der Waals surface area contributed by atoms with Crippen LogP contribution in [0.3, 0.4) is 0 Å². The van der Waals surface area contributed by atoms with E-state index in [1.54, 1.807) is 6.92 Å². The molecule has 0 heterocycles. The third-order valence-corrected chi connectivity index (χ3v) is 6.04. The van der Waals surface area contributed by atoms with Gasteiger partial charge in [-0.2, -0.15) is 0 Å². The van der Waals surface area contributed by atoms with Crippen molar-refractivity contribution in [2.75, 3.05) is 45.4 Å². The fourth-order valence-electron chi connectivity index (χ4n) is 2.39. The first-order valence-corrected chi connectivity index (χ1v) is 10.5. The molecule has 0 radical (unpaired) electrons. The van der Waals surface area contributed by atoms with Gasteiger partial charge in [-0.3, -0.25) is 9.59 Å². The number of hydrogen-bond acceptors (Lipinski definition) is 8. The van der Waals surface area contributed by atoms with Gasteiger partial charge in [0.25, 0.3) is 10.9 Å². The number of phenolic OH excluding ortho intramolecular Hbond substituents is 1. The maximum atomic E-state index is 13.0. The van der Waals surface area contributed by atoms with Crippen molar-refractivity contribution in [1.29, 1.82) is 0 Å². The molecule has 2 rings (SSSR count). The minimum Gasteiger partial charge on any atom is -0.504 e. The van der Waals surface area contributed by atoms with Crippen LogP contribution in [-0.2, 0) is 9.73 Å². The van der Waals surface area contributed by atoms with Gasteiger partial charge >= 0.3 is 0 Å². The highest BCUT2D eigenvalue weighted by Gasteiger charge is 2.25. The van der Waals surface area contributed by atoms with Crippen LogP contribution in [0.15, 0.2) is 31.0 Å². The van der Waals surface area contributed by atoms with Gasteiger partial charge in [0.15, 0.2) is 11.5 Å². The number of rotatable bonds is 8. The molecule has 0 aromatic heterocycles. The predicted octanol–water partition coefficient (Wildman–Crippen LogP) is 1.80. The Balaban J connectivity index is 2.45. The molecule has 0 saturated heterocycles. The Hall–Kier alpha value is -2.10. The minimum absolute atomic E-state index is 0.0235. The Morgan fingerprint density at radius 1 is 1.30 bits per heavy atom. The zero-order valence-electron chi connectivity index (χ0n) is 15.5. The summed E-state index contributed by atoms with van der Waals surface area (Å²) >= 11 is 6.15. The number of nitrogens with zero attached hydrogens (tertiary/aromatic N) is 2. The average Bonchev–Trinajstić information content (AvgIpc) is 2.58. The van der Waals surface area contributed by atoms with E-state index in [1.807, 2.05) is 19.0 Å². The molecule has 0 amide bonds. The number of ether oxygens (including phenoxy) is 1. The summed E-state index contributed by atoms with van der Waals surface area (Å²) in [6.07, 6.45) is 1.39. The molecule has 1 atom stereocenters. The van der Waals surface area contributed by atoms with Gasteiger partial charge in [-0.25, -0.2) is 8.57 Å². The van der Waals surface area contributed by atoms with Crippen LogP contribution in [0.2, 0.25) is 5.02 Å². The predicted molar refractivity (Wildman–Crippen MR) is 107 cm³/mol. The van der Waals surface area contributed by atoms with Crippen LogP contribution in [0.5, 0.6) is 11.5 Å². The molecule has 0 spiro atoms. The molecule has 0 aliphatic carbocycles. The second-order valence-corrected chi connectivity index (χ2v) is 8.83. The fourth-order valence-corrected chi connectivity index (χ4v) is 4.43. The highest BCUT2D eigenvalue weighted by Crippen LogP contribution is 2.39. The monoisotopic (exact) mass is 415 g/mol. The van der Waals surface area contributed by atoms with Crippen LogP contribution in [0.25, 0.3) is 0 Å². The van der Waals surface area contributed by atoms with E-state index in [0.717, 1.165) is 0 Å². The normalized spacial score (nSPS) is 13.6. The highest BCUT2D eigenvalue weighted by molar-refractivity contribution is 7.93. The van der Waals surface area contributed by atoms with E-state index in [1.165, 1.54) is 18.4 Å². The van der Waals surface area contributed by atoms with Gasteiger partial charge in [-0.05, 0) is 33.2 Å². The lowest BCUT2D eigenvalue weighted by atomic mass is 10.2. The Bertz CT molecular complexity index is 1030. The lowest BCUT2D eigenvalue weighted by Crippen LogP contribution is -2.35. The van der Waals surface area contributed by atoms with Gasteiger partial charge in [0, 0.05) is 12.8 Å². The molecular formula is C17H22ClN3O5S. The van der Waals surface area contributed by atoms with Crippen LogP contribution >= 0.6 is 11.6 Å². The van der Waals surface area contributed by atoms with Crippen LogP contribution in [0.4, 0.5) is 11.4 Å². The average molecular weight is 416 g/mol. The topological polar surface area (TPSA) is 108 Å². The zero-order chi connectivity index (χ0) is 20.4. The quantitative estimate of drug-likeness (QED) is 0.499. The van der Waals surface area contributed by atoms with E-state index in [4.69, 9.17) is 16.3 Å². The van der Waals surface area contributed by atoms with Crippen LogP contribution in [-0.4, -0.2) is 54.3 Å². The van der Waals surface area contributed by atoms with Gasteiger partial charge in [-0.15, -0.1) is 0 Å². The van der Waals surface area contributed by atoms with Crippen LogP contribution in [0.1, 0.15) is 6.92 Å². The number of likely N-dealkylation sites (N-methyl/N-ethyl adjacent to an activating group) is 1. The molecule has 2 N–H and O–H groups in total. The molecule has 0 fully saturated rings. The molecule has 148 valence electrons. The third-order valence-electron chi connectivity index (χ3n) is 3.76. The largest absolute Gasteiger partial charge is 0.504 e. The molecule has 0 aliphatic rings. The molecule has 8 nitrogen and oxygen atoms in total. The van der Waals surface area contributed by atoms with Crippen molar-refractivity contribution in [2.45, 2.75) is 11.8 Å². The highest BCUT2D eigenvalue weighted by atomic mass is 35.5. The first-order valence-electron chi connectivity index (χ1n) is 8.17. The Morgan fingerprint density at radius 2 is 1.96 bits per heavy atom. The first-order chi connectivity index (χ1) is 12.6. The number of aromatic hydroxyl groups is 1. The van der Waals surface area contributed by atoms with Gasteiger partial charge in [0.05, 0.1) is 33.6 Å². The van der Waals surface area contributed by atoms with E-state index in [-0.39, 0.29) is 39.4 Å². The zero-order valence-corrected chi connectivity index (χ0v) is 17.1. The van der Waals surface area contributed by atoms with Crippen molar-refractivity contribution >= 4 is 32.7 Å². The second kappa shape index (κ2) is 8.28. The lowest BCUT2D eigenvalue weighted by molar-refractivity contribution is 0.335. The number of halogens is 1. The number of hydrogen-bond donors (Lipinski definition) is 2. The summed E-state index contributed by atoms with van der Waals surface area (Å²) in [5.74, 6) is -0.481. The summed E-state index contributed by atoms with van der Waals surface area (Å²) in [6, 6.07) is 2.86. The molecule has 0 bridgehead atoms. The smallest absolute Gasteiger partial charge is 0.272 e. The maximum Gasteiger partial charge on any atom is 0.272 e. The molecule has 27 heavy (non-hydrogen) atoms. The Labute approximate surface area is 162 Å². The third kappa shape index (κ3) is 4.42. The number of nitrogens with one attached hydrogen (secondary N) is 1. The van der Waals surface area contributed by atoms with E-state index in [9.17, 15) is 18.9 Å². The number of anilines is 2. The summed E-state index contributed by atoms with van der Waals surface area (Å²) in [4.78, 5) is 25.2. The van der Waals surface area contributed by atoms with Gasteiger partial charge < -0.3 is 20.1 Å². The van der Waals surface area contributed by atoms with Gasteiger partial charge in [0.1, 0.15) is 10.6 Å². The van der Waals surface area contributed by atoms with Crippen molar-refractivity contribution < 1.29 is 14.1 Å². The molecule has 10 heteroatoms.